The van der Waals surface area contributed by atoms with Gasteiger partial charge in [-0.3, -0.25) is 4.79 Å². The molecule has 3 aromatic carbocycles. The van der Waals surface area contributed by atoms with Crippen molar-refractivity contribution in [2.75, 3.05) is 6.61 Å². The number of amides is 1. The van der Waals surface area contributed by atoms with Crippen LogP contribution in [0.4, 0.5) is 5.69 Å². The zero-order valence-electron chi connectivity index (χ0n) is 17.9. The van der Waals surface area contributed by atoms with E-state index in [0.29, 0.717) is 33.0 Å². The number of carbonyl (C=O) groups is 1. The molecule has 1 aliphatic rings. The highest BCUT2D eigenvalue weighted by Gasteiger charge is 2.24. The molecule has 1 aliphatic heterocycles. The van der Waals surface area contributed by atoms with Crippen molar-refractivity contribution in [3.05, 3.63) is 88.3 Å². The average molecular weight is 515 g/mol. The number of benzene rings is 3. The number of nitrogens with one attached hydrogen (secondary N) is 1. The topological polar surface area (TPSA) is 94.1 Å². The van der Waals surface area contributed by atoms with Gasteiger partial charge in [0.15, 0.2) is 16.7 Å². The summed E-state index contributed by atoms with van der Waals surface area (Å²) in [6.07, 6.45) is 1.67. The quantitative estimate of drug-likeness (QED) is 0.335. The Bertz CT molecular complexity index is 1370. The molecule has 0 radical (unpaired) electrons. The van der Waals surface area contributed by atoms with Gasteiger partial charge in [0.25, 0.3) is 5.91 Å². The Hall–Kier alpha value is -3.27. The molecule has 0 unspecified atom stereocenters. The number of thioether (sulfide) groups is 1. The molecular weight excluding hydrogens is 496 g/mol. The zero-order chi connectivity index (χ0) is 24.1. The lowest BCUT2D eigenvalue weighted by atomic mass is 10.2. The Labute approximate surface area is 206 Å². The van der Waals surface area contributed by atoms with Crippen LogP contribution in [0.5, 0.6) is 11.5 Å². The predicted octanol–water partition coefficient (Wildman–Crippen LogP) is 5.40. The summed E-state index contributed by atoms with van der Waals surface area (Å²) in [4.78, 5) is 17.3. The Morgan fingerprint density at radius 1 is 1.03 bits per heavy atom. The molecule has 174 valence electrons. The lowest BCUT2D eigenvalue weighted by molar-refractivity contribution is -0.115. The molecule has 0 bridgehead atoms. The molecule has 34 heavy (non-hydrogen) atoms. The van der Waals surface area contributed by atoms with Crippen molar-refractivity contribution in [1.82, 2.24) is 5.32 Å². The Morgan fingerprint density at radius 2 is 1.76 bits per heavy atom. The van der Waals surface area contributed by atoms with Gasteiger partial charge in [-0.05, 0) is 78.9 Å². The molecule has 0 aliphatic carbocycles. The van der Waals surface area contributed by atoms with Gasteiger partial charge in [0.05, 0.1) is 17.2 Å². The minimum absolute atomic E-state index is 0.0372. The number of carbonyl (C=O) groups excluding carboxylic acids is 1. The summed E-state index contributed by atoms with van der Waals surface area (Å²) < 4.78 is 36.1. The van der Waals surface area contributed by atoms with E-state index in [2.05, 4.69) is 10.3 Å². The molecule has 1 N–H and O–H groups in total. The smallest absolute Gasteiger partial charge is 0.339 e. The summed E-state index contributed by atoms with van der Waals surface area (Å²) in [5, 5.41) is 3.77. The van der Waals surface area contributed by atoms with Gasteiger partial charge < -0.3 is 14.2 Å². The standard InChI is InChI=1S/C24H19ClN2O5S2/c1-2-31-21-14-16(8-13-20(21)32-34(29,30)19-6-4-3-5-7-19)15-22-23(28)27-24(33-22)26-18-11-9-17(25)10-12-18/h3-15H,2H2,1H3,(H,26,27,28)/b22-15-. The highest BCUT2D eigenvalue weighted by molar-refractivity contribution is 8.18. The first-order chi connectivity index (χ1) is 16.3. The second kappa shape index (κ2) is 10.3. The molecule has 1 saturated heterocycles. The fourth-order valence-electron chi connectivity index (χ4n) is 2.97. The molecule has 0 atom stereocenters. The van der Waals surface area contributed by atoms with Crippen molar-refractivity contribution < 1.29 is 22.1 Å². The van der Waals surface area contributed by atoms with Crippen LogP contribution < -0.4 is 14.2 Å². The van der Waals surface area contributed by atoms with Gasteiger partial charge in [-0.1, -0.05) is 35.9 Å². The lowest BCUT2D eigenvalue weighted by Crippen LogP contribution is -2.19. The lowest BCUT2D eigenvalue weighted by Gasteiger charge is -2.12. The fourth-order valence-corrected chi connectivity index (χ4v) is 4.90. The summed E-state index contributed by atoms with van der Waals surface area (Å²) in [5.74, 6) is 0.0128. The maximum absolute atomic E-state index is 12.6. The Morgan fingerprint density at radius 3 is 2.47 bits per heavy atom. The van der Waals surface area contributed by atoms with Crippen molar-refractivity contribution in [2.45, 2.75) is 11.8 Å². The van der Waals surface area contributed by atoms with E-state index in [1.165, 1.54) is 30.0 Å². The average Bonchev–Trinajstić information content (AvgIpc) is 3.16. The Balaban J connectivity index is 1.57. The van der Waals surface area contributed by atoms with Crippen LogP contribution in [0, 0.1) is 0 Å². The Kier molecular flexibility index (Phi) is 7.26. The third-order valence-electron chi connectivity index (χ3n) is 4.50. The van der Waals surface area contributed by atoms with Crippen LogP contribution in [-0.2, 0) is 14.9 Å². The zero-order valence-corrected chi connectivity index (χ0v) is 20.3. The normalized spacial score (nSPS) is 16.0. The van der Waals surface area contributed by atoms with E-state index in [1.807, 2.05) is 0 Å². The second-order valence-electron chi connectivity index (χ2n) is 6.95. The van der Waals surface area contributed by atoms with Crippen LogP contribution >= 0.6 is 23.4 Å². The maximum atomic E-state index is 12.6. The van der Waals surface area contributed by atoms with E-state index in [1.54, 1.807) is 67.6 Å². The summed E-state index contributed by atoms with van der Waals surface area (Å²) in [6, 6.07) is 19.6. The predicted molar refractivity (Wildman–Crippen MR) is 134 cm³/mol. The molecular formula is C24H19ClN2O5S2. The van der Waals surface area contributed by atoms with Gasteiger partial charge in [-0.2, -0.15) is 8.42 Å². The summed E-state index contributed by atoms with van der Waals surface area (Å²) >= 11 is 7.09. The number of aliphatic imine (C=N–C) groups is 1. The van der Waals surface area contributed by atoms with Crippen molar-refractivity contribution in [1.29, 1.82) is 0 Å². The molecule has 10 heteroatoms. The van der Waals surface area contributed by atoms with Crippen molar-refractivity contribution in [3.8, 4) is 11.5 Å². The van der Waals surface area contributed by atoms with E-state index in [0.717, 1.165) is 0 Å². The third kappa shape index (κ3) is 5.80. The molecule has 7 nitrogen and oxygen atoms in total. The first-order valence-corrected chi connectivity index (χ1v) is 12.8. The largest absolute Gasteiger partial charge is 0.490 e. The van der Waals surface area contributed by atoms with E-state index < -0.39 is 10.1 Å². The second-order valence-corrected chi connectivity index (χ2v) is 9.96. The monoisotopic (exact) mass is 514 g/mol. The molecule has 0 spiro atoms. The van der Waals surface area contributed by atoms with Crippen LogP contribution in [0.3, 0.4) is 0 Å². The maximum Gasteiger partial charge on any atom is 0.339 e. The van der Waals surface area contributed by atoms with E-state index in [9.17, 15) is 13.2 Å². The summed E-state index contributed by atoms with van der Waals surface area (Å²) in [5.41, 5.74) is 1.30. The van der Waals surface area contributed by atoms with Gasteiger partial charge >= 0.3 is 10.1 Å². The molecule has 1 heterocycles. The SMILES string of the molecule is CCOc1cc(/C=C2\SC(=Nc3ccc(Cl)cc3)NC2=O)ccc1OS(=O)(=O)c1ccccc1. The van der Waals surface area contributed by atoms with E-state index >= 15 is 0 Å². The van der Waals surface area contributed by atoms with Crippen LogP contribution in [0.15, 0.2) is 87.6 Å². The van der Waals surface area contributed by atoms with Crippen molar-refractivity contribution in [3.63, 3.8) is 0 Å². The molecule has 1 fully saturated rings. The first kappa shape index (κ1) is 23.9. The number of nitrogens with zero attached hydrogens (tertiary/aromatic N) is 1. The van der Waals surface area contributed by atoms with Gasteiger partial charge in [0, 0.05) is 5.02 Å². The van der Waals surface area contributed by atoms with Gasteiger partial charge in [0.2, 0.25) is 0 Å². The number of rotatable bonds is 7. The summed E-state index contributed by atoms with van der Waals surface area (Å²) in [6.45, 7) is 2.08. The number of halogens is 1. The van der Waals surface area contributed by atoms with E-state index in [-0.39, 0.29) is 22.3 Å². The molecule has 0 saturated carbocycles. The molecule has 0 aromatic heterocycles. The van der Waals surface area contributed by atoms with Crippen molar-refractivity contribution >= 4 is 56.3 Å². The van der Waals surface area contributed by atoms with Gasteiger partial charge in [-0.25, -0.2) is 4.99 Å². The van der Waals surface area contributed by atoms with Crippen LogP contribution in [0.25, 0.3) is 6.08 Å². The minimum atomic E-state index is -4.03. The molecule has 1 amide bonds. The van der Waals surface area contributed by atoms with Crippen molar-refractivity contribution in [2.24, 2.45) is 4.99 Å². The number of hydrogen-bond acceptors (Lipinski definition) is 7. The molecule has 4 rings (SSSR count). The van der Waals surface area contributed by atoms with E-state index in [4.69, 9.17) is 20.5 Å². The molecule has 3 aromatic rings. The first-order valence-electron chi connectivity index (χ1n) is 10.2. The third-order valence-corrected chi connectivity index (χ3v) is 6.92. The number of amidine groups is 1. The number of hydrogen-bond donors (Lipinski definition) is 1. The highest BCUT2D eigenvalue weighted by atomic mass is 35.5. The fraction of sp³-hybridized carbons (Fsp3) is 0.0833. The van der Waals surface area contributed by atoms with Crippen LogP contribution in [0.1, 0.15) is 12.5 Å². The van der Waals surface area contributed by atoms with Gasteiger partial charge in [-0.15, -0.1) is 0 Å². The van der Waals surface area contributed by atoms with Crippen LogP contribution in [-0.4, -0.2) is 26.1 Å². The number of ether oxygens (including phenoxy) is 1. The van der Waals surface area contributed by atoms with Gasteiger partial charge in [0.1, 0.15) is 4.90 Å². The van der Waals surface area contributed by atoms with Crippen LogP contribution in [0.2, 0.25) is 5.02 Å². The highest BCUT2D eigenvalue weighted by Crippen LogP contribution is 2.34. The summed E-state index contributed by atoms with van der Waals surface area (Å²) in [7, 11) is -4.03. The minimum Gasteiger partial charge on any atom is -0.490 e.